The van der Waals surface area contributed by atoms with Gasteiger partial charge in [-0.05, 0) is 92.9 Å². The van der Waals surface area contributed by atoms with Gasteiger partial charge >= 0.3 is 0 Å². The maximum atomic E-state index is 14.0. The van der Waals surface area contributed by atoms with Gasteiger partial charge in [0, 0.05) is 22.9 Å². The van der Waals surface area contributed by atoms with Gasteiger partial charge < -0.3 is 14.2 Å². The normalized spacial score (nSPS) is 15.4. The molecule has 0 spiro atoms. The van der Waals surface area contributed by atoms with Crippen LogP contribution in [-0.4, -0.2) is 39.4 Å². The second kappa shape index (κ2) is 11.6. The number of fused-ring (bicyclic) bond motifs is 1. The molecule has 3 aromatic carbocycles. The number of carbonyl (C=O) groups is 2. The lowest BCUT2D eigenvalue weighted by Gasteiger charge is -2.27. The van der Waals surface area contributed by atoms with Crippen LogP contribution in [0.2, 0.25) is 0 Å². The molecule has 0 saturated heterocycles. The van der Waals surface area contributed by atoms with Crippen molar-refractivity contribution in [1.82, 2.24) is 14.7 Å². The Kier molecular flexibility index (Phi) is 7.50. The summed E-state index contributed by atoms with van der Waals surface area (Å²) in [6.45, 7) is 7.64. The number of benzene rings is 3. The van der Waals surface area contributed by atoms with E-state index < -0.39 is 11.8 Å². The zero-order valence-electron chi connectivity index (χ0n) is 24.8. The van der Waals surface area contributed by atoms with E-state index in [1.165, 1.54) is 0 Å². The monoisotopic (exact) mass is 586 g/mol. The highest BCUT2D eigenvalue weighted by molar-refractivity contribution is 6.19. The van der Waals surface area contributed by atoms with Crippen LogP contribution < -0.4 is 14.2 Å². The van der Waals surface area contributed by atoms with Crippen molar-refractivity contribution in [2.45, 2.75) is 40.3 Å². The van der Waals surface area contributed by atoms with Crippen LogP contribution in [0.25, 0.3) is 23.0 Å². The molecule has 0 saturated carbocycles. The minimum absolute atomic E-state index is 0.0295. The SMILES string of the molecule is CC1=C(C#N)C(=O)N(Cc2ccc3c(c2)OCO3)C(=O)/C1=C/c1cn(-c2ccccc2)nc1-c1ccc(OC(C)C)c(C)c1. The smallest absolute Gasteiger partial charge is 0.271 e. The molecule has 0 N–H and O–H groups in total. The molecule has 4 aromatic rings. The third-order valence-corrected chi connectivity index (χ3v) is 7.48. The maximum absolute atomic E-state index is 14.0. The molecule has 0 unspecified atom stereocenters. The van der Waals surface area contributed by atoms with E-state index >= 15 is 0 Å². The fourth-order valence-electron chi connectivity index (χ4n) is 5.26. The Hall–Kier alpha value is -5.62. The first kappa shape index (κ1) is 28.5. The molecule has 0 bridgehead atoms. The van der Waals surface area contributed by atoms with Crippen molar-refractivity contribution in [3.8, 4) is 40.3 Å². The number of ether oxygens (including phenoxy) is 3. The summed E-state index contributed by atoms with van der Waals surface area (Å²) in [7, 11) is 0. The van der Waals surface area contributed by atoms with Gasteiger partial charge in [-0.3, -0.25) is 14.5 Å². The van der Waals surface area contributed by atoms with Gasteiger partial charge in [0.05, 0.1) is 24.0 Å². The zero-order chi connectivity index (χ0) is 31.0. The lowest BCUT2D eigenvalue weighted by Crippen LogP contribution is -2.42. The van der Waals surface area contributed by atoms with Crippen LogP contribution in [0.1, 0.15) is 37.5 Å². The van der Waals surface area contributed by atoms with Gasteiger partial charge in [-0.1, -0.05) is 24.3 Å². The Morgan fingerprint density at radius 2 is 1.77 bits per heavy atom. The quantitative estimate of drug-likeness (QED) is 0.189. The highest BCUT2D eigenvalue weighted by atomic mass is 16.7. The maximum Gasteiger partial charge on any atom is 0.271 e. The van der Waals surface area contributed by atoms with E-state index in [-0.39, 0.29) is 30.6 Å². The van der Waals surface area contributed by atoms with E-state index in [0.717, 1.165) is 27.5 Å². The van der Waals surface area contributed by atoms with E-state index in [4.69, 9.17) is 19.3 Å². The molecule has 6 rings (SSSR count). The molecule has 0 fully saturated rings. The van der Waals surface area contributed by atoms with Crippen LogP contribution >= 0.6 is 0 Å². The molecule has 220 valence electrons. The summed E-state index contributed by atoms with van der Waals surface area (Å²) in [4.78, 5) is 28.4. The summed E-state index contributed by atoms with van der Waals surface area (Å²) in [6.07, 6.45) is 3.59. The average molecular weight is 587 g/mol. The molecule has 0 atom stereocenters. The second-order valence-corrected chi connectivity index (χ2v) is 10.9. The first-order chi connectivity index (χ1) is 21.2. The number of amides is 2. The lowest BCUT2D eigenvalue weighted by atomic mass is 9.92. The standard InChI is InChI=1S/C35H30N4O5/c1-21(2)44-30-13-11-25(14-22(30)3)33-26(19-39(37-33)27-8-6-5-7-9-27)16-28-23(4)29(17-36)35(41)38(34(28)40)18-24-10-12-31-32(15-24)43-20-42-31/h5-16,19,21H,18,20H2,1-4H3/b28-16+. The van der Waals surface area contributed by atoms with Gasteiger partial charge in [0.15, 0.2) is 11.5 Å². The number of nitrogens with zero attached hydrogens (tertiary/aromatic N) is 4. The molecular weight excluding hydrogens is 556 g/mol. The predicted octanol–water partition coefficient (Wildman–Crippen LogP) is 6.16. The Morgan fingerprint density at radius 1 is 1.00 bits per heavy atom. The zero-order valence-corrected chi connectivity index (χ0v) is 24.8. The van der Waals surface area contributed by atoms with Crippen LogP contribution in [0.3, 0.4) is 0 Å². The van der Waals surface area contributed by atoms with Gasteiger partial charge in [-0.2, -0.15) is 10.4 Å². The predicted molar refractivity (Wildman–Crippen MR) is 164 cm³/mol. The minimum Gasteiger partial charge on any atom is -0.491 e. The van der Waals surface area contributed by atoms with Crippen LogP contribution in [0.4, 0.5) is 0 Å². The third kappa shape index (κ3) is 5.34. The molecule has 0 radical (unpaired) electrons. The summed E-state index contributed by atoms with van der Waals surface area (Å²) < 4.78 is 18.5. The van der Waals surface area contributed by atoms with Crippen LogP contribution in [-0.2, 0) is 16.1 Å². The molecule has 2 amide bonds. The first-order valence-corrected chi connectivity index (χ1v) is 14.2. The molecule has 2 aliphatic rings. The number of hydrogen-bond donors (Lipinski definition) is 0. The largest absolute Gasteiger partial charge is 0.491 e. The second-order valence-electron chi connectivity index (χ2n) is 10.9. The van der Waals surface area contributed by atoms with E-state index in [2.05, 4.69) is 0 Å². The fraction of sp³-hybridized carbons (Fsp3) is 0.200. The van der Waals surface area contributed by atoms with Gasteiger partial charge in [0.25, 0.3) is 11.8 Å². The van der Waals surface area contributed by atoms with Crippen molar-refractivity contribution in [2.75, 3.05) is 6.79 Å². The third-order valence-electron chi connectivity index (χ3n) is 7.48. The van der Waals surface area contributed by atoms with Crippen molar-refractivity contribution < 1.29 is 23.8 Å². The summed E-state index contributed by atoms with van der Waals surface area (Å²) in [6, 6.07) is 22.8. The van der Waals surface area contributed by atoms with Crippen LogP contribution in [0, 0.1) is 18.3 Å². The Labute approximate surface area is 255 Å². The number of imide groups is 1. The van der Waals surface area contributed by atoms with E-state index in [0.29, 0.717) is 33.9 Å². The highest BCUT2D eigenvalue weighted by Crippen LogP contribution is 2.36. The number of aryl methyl sites for hydroxylation is 1. The molecule has 3 heterocycles. The molecule has 0 aliphatic carbocycles. The fourth-order valence-corrected chi connectivity index (χ4v) is 5.26. The van der Waals surface area contributed by atoms with Crippen LogP contribution in [0.5, 0.6) is 17.2 Å². The van der Waals surface area contributed by atoms with Gasteiger partial charge in [-0.25, -0.2) is 4.68 Å². The van der Waals surface area contributed by atoms with E-state index in [1.54, 1.807) is 35.9 Å². The van der Waals surface area contributed by atoms with E-state index in [1.807, 2.05) is 81.6 Å². The van der Waals surface area contributed by atoms with E-state index in [9.17, 15) is 14.9 Å². The van der Waals surface area contributed by atoms with Gasteiger partial charge in [-0.15, -0.1) is 0 Å². The number of para-hydroxylation sites is 1. The molecular formula is C35H30N4O5. The summed E-state index contributed by atoms with van der Waals surface area (Å²) in [5, 5.41) is 14.9. The molecule has 2 aliphatic heterocycles. The summed E-state index contributed by atoms with van der Waals surface area (Å²) in [5.74, 6) is 0.783. The van der Waals surface area contributed by atoms with Crippen molar-refractivity contribution in [1.29, 1.82) is 5.26 Å². The molecule has 9 nitrogen and oxygen atoms in total. The number of carbonyl (C=O) groups excluding carboxylic acids is 2. The summed E-state index contributed by atoms with van der Waals surface area (Å²) >= 11 is 0. The topological polar surface area (TPSA) is 107 Å². The van der Waals surface area contributed by atoms with Crippen molar-refractivity contribution in [2.24, 2.45) is 0 Å². The number of nitriles is 1. The Morgan fingerprint density at radius 3 is 2.50 bits per heavy atom. The highest BCUT2D eigenvalue weighted by Gasteiger charge is 2.36. The lowest BCUT2D eigenvalue weighted by molar-refractivity contribution is -0.141. The first-order valence-electron chi connectivity index (χ1n) is 14.2. The van der Waals surface area contributed by atoms with Gasteiger partial charge in [0.1, 0.15) is 17.4 Å². The minimum atomic E-state index is -0.638. The molecule has 44 heavy (non-hydrogen) atoms. The van der Waals surface area contributed by atoms with Gasteiger partial charge in [0.2, 0.25) is 6.79 Å². The number of rotatable bonds is 7. The Balaban J connectivity index is 1.45. The average Bonchev–Trinajstić information content (AvgIpc) is 3.66. The summed E-state index contributed by atoms with van der Waals surface area (Å²) in [5.41, 5.74) is 5.06. The van der Waals surface area contributed by atoms with Crippen molar-refractivity contribution in [3.63, 3.8) is 0 Å². The molecule has 1 aromatic heterocycles. The number of hydrogen-bond acceptors (Lipinski definition) is 7. The van der Waals surface area contributed by atoms with Crippen LogP contribution in [0.15, 0.2) is 89.6 Å². The number of aromatic nitrogens is 2. The van der Waals surface area contributed by atoms with Crippen molar-refractivity contribution in [3.05, 3.63) is 106 Å². The Bertz CT molecular complexity index is 1900. The van der Waals surface area contributed by atoms with Crippen molar-refractivity contribution >= 4 is 17.9 Å². The molecule has 9 heteroatoms.